The molecule has 2 aromatic rings. The summed E-state index contributed by atoms with van der Waals surface area (Å²) in [6.07, 6.45) is 6.36. The van der Waals surface area contributed by atoms with Crippen LogP contribution in [0.2, 0.25) is 0 Å². The summed E-state index contributed by atoms with van der Waals surface area (Å²) in [5.41, 5.74) is 10.1. The second kappa shape index (κ2) is 10.9. The molecule has 7 rings (SSSR count). The first-order chi connectivity index (χ1) is 20.8. The first kappa shape index (κ1) is 28.3. The number of rotatable bonds is 4. The minimum Gasteiger partial charge on any atom is -0.461 e. The number of halogens is 1. The molecule has 1 aromatic heterocycles. The van der Waals surface area contributed by atoms with Crippen LogP contribution in [-0.4, -0.2) is 59.4 Å². The van der Waals surface area contributed by atoms with Gasteiger partial charge in [0.25, 0.3) is 0 Å². The quantitative estimate of drug-likeness (QED) is 0.500. The van der Waals surface area contributed by atoms with Crippen LogP contribution in [0, 0.1) is 28.6 Å². The van der Waals surface area contributed by atoms with Gasteiger partial charge in [-0.15, -0.1) is 0 Å². The Morgan fingerprint density at radius 2 is 2.02 bits per heavy atom. The van der Waals surface area contributed by atoms with E-state index in [4.69, 9.17) is 25.2 Å². The Balaban J connectivity index is 1.27. The van der Waals surface area contributed by atoms with Crippen LogP contribution < -0.4 is 15.4 Å². The van der Waals surface area contributed by atoms with Crippen molar-refractivity contribution in [2.24, 2.45) is 5.92 Å². The molecule has 9 nitrogen and oxygen atoms in total. The van der Waals surface area contributed by atoms with Gasteiger partial charge in [-0.3, -0.25) is 4.90 Å². The van der Waals surface area contributed by atoms with E-state index in [1.54, 1.807) is 0 Å². The predicted octanol–water partition coefficient (Wildman–Crippen LogP) is 4.88. The minimum absolute atomic E-state index is 0.0388. The maximum absolute atomic E-state index is 14.5. The number of alkyl halides is 1. The molecule has 5 unspecified atom stereocenters. The Kier molecular flexibility index (Phi) is 7.18. The highest BCUT2D eigenvalue weighted by Crippen LogP contribution is 2.51. The van der Waals surface area contributed by atoms with Gasteiger partial charge < -0.3 is 20.1 Å². The van der Waals surface area contributed by atoms with Gasteiger partial charge >= 0.3 is 6.01 Å². The number of benzene rings is 1. The Labute approximate surface area is 252 Å². The molecule has 5 aliphatic rings. The van der Waals surface area contributed by atoms with Crippen LogP contribution in [0.4, 0.5) is 15.9 Å². The first-order valence-electron chi connectivity index (χ1n) is 15.9. The fourth-order valence-corrected chi connectivity index (χ4v) is 8.44. The summed E-state index contributed by atoms with van der Waals surface area (Å²) in [5.74, 6) is 1.14. The number of hydrogen-bond donors (Lipinski definition) is 1. The number of anilines is 2. The Morgan fingerprint density at radius 1 is 1.14 bits per heavy atom. The predicted molar refractivity (Wildman–Crippen MR) is 159 cm³/mol. The molecule has 5 atom stereocenters. The Hall–Kier alpha value is -3.47. The van der Waals surface area contributed by atoms with E-state index in [1.807, 2.05) is 12.1 Å². The lowest BCUT2D eigenvalue weighted by Gasteiger charge is -2.45. The number of ether oxygens (including phenoxy) is 2. The number of aromatic nitrogens is 2. The summed E-state index contributed by atoms with van der Waals surface area (Å²) in [4.78, 5) is 14.5. The first-order valence-corrected chi connectivity index (χ1v) is 15.9. The van der Waals surface area contributed by atoms with Crippen LogP contribution >= 0.6 is 0 Å². The van der Waals surface area contributed by atoms with Crippen molar-refractivity contribution in [2.75, 3.05) is 43.4 Å². The standard InChI is InChI=1S/C33H40FN7O2/c1-21-7-10-33(29-24(21)5-6-27(37)25(29)17-36)15-28-26(19-43-33)30(40-11-2-4-22(16-35)8-13-40)39-31(38-28)42-20-32-9-3-12-41(32)18-23(34)14-32/h5-6,21-23H,2-4,7-15,18-20,37H2,1H3. The molecule has 1 aliphatic carbocycles. The van der Waals surface area contributed by atoms with E-state index in [9.17, 15) is 14.9 Å². The average molecular weight is 586 g/mol. The molecule has 1 aromatic carbocycles. The Morgan fingerprint density at radius 3 is 2.86 bits per heavy atom. The van der Waals surface area contributed by atoms with Crippen LogP contribution in [-0.2, 0) is 23.4 Å². The number of nitrogens with two attached hydrogens (primary N) is 1. The molecule has 43 heavy (non-hydrogen) atoms. The summed E-state index contributed by atoms with van der Waals surface area (Å²) in [6.45, 7) is 5.76. The van der Waals surface area contributed by atoms with Crippen molar-refractivity contribution in [1.82, 2.24) is 14.9 Å². The van der Waals surface area contributed by atoms with Crippen LogP contribution in [0.25, 0.3) is 0 Å². The van der Waals surface area contributed by atoms with Gasteiger partial charge in [-0.2, -0.15) is 20.5 Å². The van der Waals surface area contributed by atoms with Crippen molar-refractivity contribution < 1.29 is 13.9 Å². The SMILES string of the molecule is CC1CCC2(Cc3nc(OCC45CCCN4CC(F)C5)nc(N4CCCC(C#N)CC4)c3CO2)c2c1ccc(N)c2C#N. The lowest BCUT2D eigenvalue weighted by molar-refractivity contribution is -0.0873. The largest absolute Gasteiger partial charge is 0.461 e. The lowest BCUT2D eigenvalue weighted by Crippen LogP contribution is -2.44. The molecule has 0 radical (unpaired) electrons. The van der Waals surface area contributed by atoms with Crippen LogP contribution in [0.3, 0.4) is 0 Å². The lowest BCUT2D eigenvalue weighted by atomic mass is 9.69. The van der Waals surface area contributed by atoms with E-state index in [0.29, 0.717) is 55.8 Å². The monoisotopic (exact) mass is 585 g/mol. The van der Waals surface area contributed by atoms with E-state index < -0.39 is 11.8 Å². The average Bonchev–Trinajstić information content (AvgIpc) is 3.42. The van der Waals surface area contributed by atoms with Gasteiger partial charge in [-0.1, -0.05) is 13.0 Å². The number of hydrogen-bond acceptors (Lipinski definition) is 9. The molecule has 0 saturated carbocycles. The van der Waals surface area contributed by atoms with Gasteiger partial charge in [0.15, 0.2) is 0 Å². The van der Waals surface area contributed by atoms with E-state index in [0.717, 1.165) is 92.8 Å². The van der Waals surface area contributed by atoms with Gasteiger partial charge in [-0.05, 0) is 69.0 Å². The molecule has 3 fully saturated rings. The maximum atomic E-state index is 14.5. The Bertz CT molecular complexity index is 1500. The van der Waals surface area contributed by atoms with Crippen molar-refractivity contribution in [1.29, 1.82) is 10.5 Å². The van der Waals surface area contributed by atoms with Gasteiger partial charge in [0.1, 0.15) is 30.3 Å². The molecular weight excluding hydrogens is 545 g/mol. The van der Waals surface area contributed by atoms with Gasteiger partial charge in [-0.25, -0.2) is 4.39 Å². The molecule has 3 saturated heterocycles. The molecule has 1 spiro atoms. The van der Waals surface area contributed by atoms with E-state index in [-0.39, 0.29) is 11.5 Å². The fourth-order valence-electron chi connectivity index (χ4n) is 8.44. The molecule has 4 aliphatic heterocycles. The summed E-state index contributed by atoms with van der Waals surface area (Å²) in [5, 5.41) is 19.8. The van der Waals surface area contributed by atoms with Crippen LogP contribution in [0.1, 0.15) is 92.2 Å². The number of fused-ring (bicyclic) bond motifs is 4. The van der Waals surface area contributed by atoms with Gasteiger partial charge in [0, 0.05) is 55.2 Å². The normalized spacial score (nSPS) is 31.9. The summed E-state index contributed by atoms with van der Waals surface area (Å²) in [6, 6.07) is 9.02. The number of nitrogens with zero attached hydrogens (tertiary/aromatic N) is 6. The molecule has 2 N–H and O–H groups in total. The van der Waals surface area contributed by atoms with E-state index >= 15 is 0 Å². The smallest absolute Gasteiger partial charge is 0.318 e. The maximum Gasteiger partial charge on any atom is 0.318 e. The topological polar surface area (TPSA) is 124 Å². The fraction of sp³-hybridized carbons (Fsp3) is 0.636. The molecule has 10 heteroatoms. The molecule has 226 valence electrons. The zero-order valence-corrected chi connectivity index (χ0v) is 24.9. The molecule has 5 heterocycles. The third-order valence-corrected chi connectivity index (χ3v) is 10.8. The van der Waals surface area contributed by atoms with Crippen molar-refractivity contribution in [2.45, 2.75) is 94.5 Å². The third kappa shape index (κ3) is 4.80. The van der Waals surface area contributed by atoms with E-state index in [1.165, 1.54) is 0 Å². The zero-order chi connectivity index (χ0) is 29.8. The van der Waals surface area contributed by atoms with Gasteiger partial charge in [0.05, 0.1) is 29.5 Å². The van der Waals surface area contributed by atoms with Crippen molar-refractivity contribution in [3.8, 4) is 18.1 Å². The minimum atomic E-state index is -0.832. The molecular formula is C33H40FN7O2. The molecule has 0 amide bonds. The highest BCUT2D eigenvalue weighted by atomic mass is 19.1. The third-order valence-electron chi connectivity index (χ3n) is 10.8. The zero-order valence-electron chi connectivity index (χ0n) is 24.9. The van der Waals surface area contributed by atoms with Crippen molar-refractivity contribution >= 4 is 11.5 Å². The highest BCUT2D eigenvalue weighted by Gasteiger charge is 2.50. The summed E-state index contributed by atoms with van der Waals surface area (Å²) < 4.78 is 27.7. The summed E-state index contributed by atoms with van der Waals surface area (Å²) >= 11 is 0. The van der Waals surface area contributed by atoms with Gasteiger partial charge in [0.2, 0.25) is 0 Å². The van der Waals surface area contributed by atoms with Crippen molar-refractivity contribution in [3.05, 3.63) is 40.1 Å². The summed E-state index contributed by atoms with van der Waals surface area (Å²) in [7, 11) is 0. The molecule has 0 bridgehead atoms. The van der Waals surface area contributed by atoms with Crippen LogP contribution in [0.5, 0.6) is 6.01 Å². The van der Waals surface area contributed by atoms with E-state index in [2.05, 4.69) is 28.9 Å². The number of nitriles is 2. The van der Waals surface area contributed by atoms with Crippen molar-refractivity contribution in [3.63, 3.8) is 0 Å². The number of nitrogen functional groups attached to an aromatic ring is 1. The second-order valence-electron chi connectivity index (χ2n) is 13.4. The highest BCUT2D eigenvalue weighted by molar-refractivity contribution is 5.64. The van der Waals surface area contributed by atoms with Crippen LogP contribution in [0.15, 0.2) is 12.1 Å². The second-order valence-corrected chi connectivity index (χ2v) is 13.4.